The molecule has 4 atom stereocenters. The topological polar surface area (TPSA) is 42.5 Å². The van der Waals surface area contributed by atoms with Gasteiger partial charge >= 0.3 is 0 Å². The molecule has 0 amide bonds. The molecular weight excluding hydrogens is 360 g/mol. The van der Waals surface area contributed by atoms with E-state index in [1.54, 1.807) is 7.11 Å². The molecule has 4 unspecified atom stereocenters. The fraction of sp³-hybridized carbons (Fsp3) is 0.520. The zero-order chi connectivity index (χ0) is 20.4. The lowest BCUT2D eigenvalue weighted by atomic mass is 9.85. The van der Waals surface area contributed by atoms with Crippen molar-refractivity contribution >= 4 is 0 Å². The maximum atomic E-state index is 6.00. The summed E-state index contributed by atoms with van der Waals surface area (Å²) in [5.41, 5.74) is 3.99. The van der Waals surface area contributed by atoms with E-state index >= 15 is 0 Å². The van der Waals surface area contributed by atoms with Gasteiger partial charge in [-0.2, -0.15) is 0 Å². The van der Waals surface area contributed by atoms with Crippen molar-refractivity contribution in [1.82, 2.24) is 10.6 Å². The zero-order valence-corrected chi connectivity index (χ0v) is 18.1. The van der Waals surface area contributed by atoms with Crippen LogP contribution in [0, 0.1) is 0 Å². The molecule has 2 aromatic carbocycles. The predicted molar refractivity (Wildman–Crippen MR) is 117 cm³/mol. The van der Waals surface area contributed by atoms with Crippen molar-refractivity contribution in [3.05, 3.63) is 65.2 Å². The Morgan fingerprint density at radius 2 is 1.93 bits per heavy atom. The molecular formula is C25H34N2O2. The van der Waals surface area contributed by atoms with Crippen LogP contribution in [-0.2, 0) is 16.7 Å². The second-order valence-corrected chi connectivity index (χ2v) is 9.36. The molecule has 2 fully saturated rings. The average molecular weight is 395 g/mol. The summed E-state index contributed by atoms with van der Waals surface area (Å²) >= 11 is 0. The fourth-order valence-electron chi connectivity index (χ4n) is 4.62. The van der Waals surface area contributed by atoms with Crippen LogP contribution in [0.2, 0.25) is 0 Å². The highest BCUT2D eigenvalue weighted by atomic mass is 16.5. The zero-order valence-electron chi connectivity index (χ0n) is 18.1. The van der Waals surface area contributed by atoms with Gasteiger partial charge < -0.3 is 20.1 Å². The number of ether oxygens (including phenoxy) is 2. The number of nitrogens with one attached hydrogen (secondary N) is 2. The molecule has 2 heterocycles. The molecule has 0 aromatic heterocycles. The van der Waals surface area contributed by atoms with Gasteiger partial charge in [-0.05, 0) is 35.4 Å². The van der Waals surface area contributed by atoms with E-state index in [4.69, 9.17) is 9.47 Å². The Kier molecular flexibility index (Phi) is 5.95. The lowest BCUT2D eigenvalue weighted by molar-refractivity contribution is 0.0537. The van der Waals surface area contributed by atoms with Crippen molar-refractivity contribution in [2.75, 3.05) is 13.7 Å². The van der Waals surface area contributed by atoms with E-state index in [-0.39, 0.29) is 11.5 Å². The molecule has 4 heteroatoms. The van der Waals surface area contributed by atoms with Gasteiger partial charge in [0.2, 0.25) is 0 Å². The van der Waals surface area contributed by atoms with Gasteiger partial charge in [-0.25, -0.2) is 0 Å². The number of rotatable bonds is 5. The summed E-state index contributed by atoms with van der Waals surface area (Å²) in [6.45, 7) is 8.39. The molecule has 0 bridgehead atoms. The van der Waals surface area contributed by atoms with Crippen molar-refractivity contribution in [1.29, 1.82) is 0 Å². The maximum Gasteiger partial charge on any atom is 0.123 e. The molecule has 0 aliphatic carbocycles. The third-order valence-electron chi connectivity index (χ3n) is 6.35. The van der Waals surface area contributed by atoms with Gasteiger partial charge in [0.15, 0.2) is 0 Å². The van der Waals surface area contributed by atoms with E-state index < -0.39 is 0 Å². The van der Waals surface area contributed by atoms with E-state index in [1.165, 1.54) is 16.7 Å². The first-order valence-electron chi connectivity index (χ1n) is 10.8. The van der Waals surface area contributed by atoms with Crippen LogP contribution in [0.5, 0.6) is 5.75 Å². The van der Waals surface area contributed by atoms with E-state index in [9.17, 15) is 0 Å². The van der Waals surface area contributed by atoms with E-state index in [2.05, 4.69) is 79.9 Å². The standard InChI is InChI=1S/C25H34N2O2/c1-25(2,3)19-10-11-22(28-4)18(14-19)16-26-21-15-23-20(12-13-29-23)27-24(21)17-8-6-5-7-9-17/h5-11,14,20-21,23-24,26-27H,12-13,15-16H2,1-4H3. The molecule has 2 aromatic rings. The van der Waals surface area contributed by atoms with Crippen LogP contribution < -0.4 is 15.4 Å². The smallest absolute Gasteiger partial charge is 0.123 e. The number of fused-ring (bicyclic) bond motifs is 1. The molecule has 0 spiro atoms. The van der Waals surface area contributed by atoms with Crippen molar-refractivity contribution in [3.63, 3.8) is 0 Å². The maximum absolute atomic E-state index is 6.00. The monoisotopic (exact) mass is 394 g/mol. The largest absolute Gasteiger partial charge is 0.496 e. The first-order chi connectivity index (χ1) is 14.0. The molecule has 2 aliphatic heterocycles. The Hall–Kier alpha value is -1.88. The summed E-state index contributed by atoms with van der Waals surface area (Å²) in [6.07, 6.45) is 2.43. The highest BCUT2D eigenvalue weighted by Gasteiger charge is 2.40. The first-order valence-corrected chi connectivity index (χ1v) is 10.8. The average Bonchev–Trinajstić information content (AvgIpc) is 3.18. The molecule has 0 saturated carbocycles. The van der Waals surface area contributed by atoms with Crippen LogP contribution in [0.1, 0.15) is 56.3 Å². The van der Waals surface area contributed by atoms with Gasteiger partial charge in [0.1, 0.15) is 5.75 Å². The van der Waals surface area contributed by atoms with Gasteiger partial charge in [0.25, 0.3) is 0 Å². The number of hydrogen-bond donors (Lipinski definition) is 2. The Balaban J connectivity index is 1.55. The quantitative estimate of drug-likeness (QED) is 0.792. The minimum absolute atomic E-state index is 0.116. The van der Waals surface area contributed by atoms with Crippen molar-refractivity contribution in [2.45, 2.75) is 69.8 Å². The Labute approximate surface area is 175 Å². The predicted octanol–water partition coefficient (Wildman–Crippen LogP) is 4.34. The highest BCUT2D eigenvalue weighted by Crippen LogP contribution is 2.33. The lowest BCUT2D eigenvalue weighted by Crippen LogP contribution is -2.55. The molecule has 4 rings (SSSR count). The van der Waals surface area contributed by atoms with Crippen LogP contribution in [0.3, 0.4) is 0 Å². The Morgan fingerprint density at radius 3 is 2.66 bits per heavy atom. The SMILES string of the molecule is COc1ccc(C(C)(C)C)cc1CNC1CC2OCCC2NC1c1ccccc1. The van der Waals surface area contributed by atoms with Crippen LogP contribution >= 0.6 is 0 Å². The summed E-state index contributed by atoms with van der Waals surface area (Å²) in [5.74, 6) is 0.945. The second-order valence-electron chi connectivity index (χ2n) is 9.36. The minimum atomic E-state index is 0.116. The van der Waals surface area contributed by atoms with Crippen LogP contribution in [0.4, 0.5) is 0 Å². The van der Waals surface area contributed by atoms with Gasteiger partial charge in [-0.1, -0.05) is 63.2 Å². The summed E-state index contributed by atoms with van der Waals surface area (Å²) in [5, 5.41) is 7.69. The number of piperidine rings is 1. The summed E-state index contributed by atoms with van der Waals surface area (Å²) in [6, 6.07) is 18.4. The van der Waals surface area contributed by atoms with Crippen LogP contribution in [-0.4, -0.2) is 31.9 Å². The van der Waals surface area contributed by atoms with Gasteiger partial charge in [0, 0.05) is 36.8 Å². The Bertz CT molecular complexity index is 815. The summed E-state index contributed by atoms with van der Waals surface area (Å²) < 4.78 is 11.7. The van der Waals surface area contributed by atoms with Crippen LogP contribution in [0.25, 0.3) is 0 Å². The van der Waals surface area contributed by atoms with Gasteiger partial charge in [-0.3, -0.25) is 0 Å². The molecule has 2 saturated heterocycles. The number of methoxy groups -OCH3 is 1. The third kappa shape index (κ3) is 4.50. The normalized spacial score (nSPS) is 26.9. The second kappa shape index (κ2) is 8.47. The summed E-state index contributed by atoms with van der Waals surface area (Å²) in [4.78, 5) is 0. The summed E-state index contributed by atoms with van der Waals surface area (Å²) in [7, 11) is 1.75. The first kappa shape index (κ1) is 20.4. The highest BCUT2D eigenvalue weighted by molar-refractivity contribution is 5.39. The van der Waals surface area contributed by atoms with Crippen molar-refractivity contribution < 1.29 is 9.47 Å². The molecule has 2 aliphatic rings. The molecule has 0 radical (unpaired) electrons. The molecule has 4 nitrogen and oxygen atoms in total. The van der Waals surface area contributed by atoms with Gasteiger partial charge in [0.05, 0.1) is 13.2 Å². The minimum Gasteiger partial charge on any atom is -0.496 e. The van der Waals surface area contributed by atoms with Crippen molar-refractivity contribution in [2.24, 2.45) is 0 Å². The number of hydrogen-bond acceptors (Lipinski definition) is 4. The van der Waals surface area contributed by atoms with E-state index in [1.807, 2.05) is 0 Å². The lowest BCUT2D eigenvalue weighted by Gasteiger charge is -2.40. The molecule has 156 valence electrons. The van der Waals surface area contributed by atoms with E-state index in [0.29, 0.717) is 18.2 Å². The van der Waals surface area contributed by atoms with Crippen molar-refractivity contribution in [3.8, 4) is 5.75 Å². The van der Waals surface area contributed by atoms with Crippen LogP contribution in [0.15, 0.2) is 48.5 Å². The van der Waals surface area contributed by atoms with Gasteiger partial charge in [-0.15, -0.1) is 0 Å². The molecule has 2 N–H and O–H groups in total. The molecule has 29 heavy (non-hydrogen) atoms. The van der Waals surface area contributed by atoms with E-state index in [0.717, 1.165) is 31.7 Å². The Morgan fingerprint density at radius 1 is 1.14 bits per heavy atom. The number of benzene rings is 2. The fourth-order valence-corrected chi connectivity index (χ4v) is 4.62. The third-order valence-corrected chi connectivity index (χ3v) is 6.35.